The first-order valence-electron chi connectivity index (χ1n) is 6.25. The number of aromatic nitrogens is 1. The molecule has 2 rings (SSSR count). The van der Waals surface area contributed by atoms with E-state index in [9.17, 15) is 9.59 Å². The Morgan fingerprint density at radius 3 is 3.00 bits per heavy atom. The summed E-state index contributed by atoms with van der Waals surface area (Å²) in [5.74, 6) is 0.682. The highest BCUT2D eigenvalue weighted by Crippen LogP contribution is 2.11. The van der Waals surface area contributed by atoms with E-state index in [0.29, 0.717) is 18.1 Å². The summed E-state index contributed by atoms with van der Waals surface area (Å²) in [4.78, 5) is 25.2. The third kappa shape index (κ3) is 3.54. The molecule has 7 heteroatoms. The lowest BCUT2D eigenvalue weighted by Gasteiger charge is -2.19. The highest BCUT2D eigenvalue weighted by Gasteiger charge is 2.26. The van der Waals surface area contributed by atoms with Gasteiger partial charge in [-0.15, -0.1) is 0 Å². The van der Waals surface area contributed by atoms with Crippen LogP contribution in [0.3, 0.4) is 0 Å². The minimum absolute atomic E-state index is 0.00326. The summed E-state index contributed by atoms with van der Waals surface area (Å²) in [5.41, 5.74) is 0. The SMILES string of the molecule is Cc1cc(NC(=O)CN(C)C(=O)C2CCNC2)no1. The smallest absolute Gasteiger partial charge is 0.245 e. The lowest BCUT2D eigenvalue weighted by molar-refractivity contribution is -0.136. The Morgan fingerprint density at radius 1 is 1.63 bits per heavy atom. The van der Waals surface area contributed by atoms with Crippen molar-refractivity contribution in [3.8, 4) is 0 Å². The normalized spacial score (nSPS) is 18.3. The molecule has 1 aromatic heterocycles. The van der Waals surface area contributed by atoms with Crippen molar-refractivity contribution in [1.82, 2.24) is 15.4 Å². The van der Waals surface area contributed by atoms with E-state index in [1.54, 1.807) is 20.0 Å². The Labute approximate surface area is 111 Å². The van der Waals surface area contributed by atoms with Crippen LogP contribution in [0, 0.1) is 12.8 Å². The molecule has 2 N–H and O–H groups in total. The predicted molar refractivity (Wildman–Crippen MR) is 68.5 cm³/mol. The molecule has 1 fully saturated rings. The molecule has 1 unspecified atom stereocenters. The van der Waals surface area contributed by atoms with Gasteiger partial charge in [0.15, 0.2) is 5.82 Å². The fourth-order valence-corrected chi connectivity index (χ4v) is 2.08. The van der Waals surface area contributed by atoms with E-state index in [2.05, 4.69) is 15.8 Å². The minimum Gasteiger partial charge on any atom is -0.360 e. The van der Waals surface area contributed by atoms with Crippen LogP contribution in [-0.4, -0.2) is 48.6 Å². The van der Waals surface area contributed by atoms with Crippen LogP contribution in [0.2, 0.25) is 0 Å². The number of nitrogens with zero attached hydrogens (tertiary/aromatic N) is 2. The number of carbonyl (C=O) groups excluding carboxylic acids is 2. The van der Waals surface area contributed by atoms with Gasteiger partial charge in [-0.05, 0) is 19.9 Å². The van der Waals surface area contributed by atoms with Crippen molar-refractivity contribution >= 4 is 17.6 Å². The lowest BCUT2D eigenvalue weighted by atomic mass is 10.1. The Kier molecular flexibility index (Phi) is 4.16. The van der Waals surface area contributed by atoms with E-state index in [1.807, 2.05) is 0 Å². The number of hydrogen-bond donors (Lipinski definition) is 2. The molecule has 0 spiro atoms. The van der Waals surface area contributed by atoms with E-state index in [1.165, 1.54) is 4.90 Å². The molecule has 0 bridgehead atoms. The van der Waals surface area contributed by atoms with Gasteiger partial charge in [0.2, 0.25) is 11.8 Å². The number of nitrogens with one attached hydrogen (secondary N) is 2. The first-order valence-corrected chi connectivity index (χ1v) is 6.25. The number of likely N-dealkylation sites (N-methyl/N-ethyl adjacent to an activating group) is 1. The fraction of sp³-hybridized carbons (Fsp3) is 0.583. The molecule has 2 amide bonds. The highest BCUT2D eigenvalue weighted by atomic mass is 16.5. The second-order valence-corrected chi connectivity index (χ2v) is 4.76. The number of anilines is 1. The van der Waals surface area contributed by atoms with Gasteiger partial charge in [-0.1, -0.05) is 5.16 Å². The first-order chi connectivity index (χ1) is 9.06. The molecule has 0 aromatic carbocycles. The molecular weight excluding hydrogens is 248 g/mol. The van der Waals surface area contributed by atoms with Crippen molar-refractivity contribution < 1.29 is 14.1 Å². The maximum absolute atomic E-state index is 12.0. The summed E-state index contributed by atoms with van der Waals surface area (Å²) in [6.45, 7) is 3.30. The van der Waals surface area contributed by atoms with Crippen LogP contribution < -0.4 is 10.6 Å². The Bertz CT molecular complexity index is 465. The zero-order valence-electron chi connectivity index (χ0n) is 11.1. The molecule has 2 heterocycles. The summed E-state index contributed by atoms with van der Waals surface area (Å²) < 4.78 is 4.85. The van der Waals surface area contributed by atoms with Gasteiger partial charge in [-0.2, -0.15) is 0 Å². The number of amides is 2. The third-order valence-electron chi connectivity index (χ3n) is 3.06. The molecule has 1 saturated heterocycles. The molecule has 1 aromatic rings. The Hall–Kier alpha value is -1.89. The van der Waals surface area contributed by atoms with Gasteiger partial charge in [0.1, 0.15) is 5.76 Å². The second kappa shape index (κ2) is 5.83. The second-order valence-electron chi connectivity index (χ2n) is 4.76. The number of rotatable bonds is 4. The summed E-state index contributed by atoms with van der Waals surface area (Å²) in [7, 11) is 1.63. The zero-order chi connectivity index (χ0) is 13.8. The molecular formula is C12H18N4O3. The van der Waals surface area contributed by atoms with Crippen molar-refractivity contribution in [2.45, 2.75) is 13.3 Å². The number of aryl methyl sites for hydroxylation is 1. The van der Waals surface area contributed by atoms with E-state index in [0.717, 1.165) is 13.0 Å². The van der Waals surface area contributed by atoms with Crippen LogP contribution in [0.25, 0.3) is 0 Å². The van der Waals surface area contributed by atoms with Gasteiger partial charge in [0, 0.05) is 19.7 Å². The van der Waals surface area contributed by atoms with E-state index in [-0.39, 0.29) is 24.3 Å². The van der Waals surface area contributed by atoms with Crippen LogP contribution >= 0.6 is 0 Å². The van der Waals surface area contributed by atoms with Gasteiger partial charge >= 0.3 is 0 Å². The molecule has 0 radical (unpaired) electrons. The van der Waals surface area contributed by atoms with Crippen LogP contribution in [0.1, 0.15) is 12.2 Å². The monoisotopic (exact) mass is 266 g/mol. The van der Waals surface area contributed by atoms with Crippen molar-refractivity contribution in [3.63, 3.8) is 0 Å². The molecule has 0 aliphatic carbocycles. The van der Waals surface area contributed by atoms with E-state index < -0.39 is 0 Å². The topological polar surface area (TPSA) is 87.5 Å². The molecule has 1 atom stereocenters. The first kappa shape index (κ1) is 13.5. The maximum Gasteiger partial charge on any atom is 0.245 e. The zero-order valence-corrected chi connectivity index (χ0v) is 11.1. The van der Waals surface area contributed by atoms with Crippen molar-refractivity contribution in [1.29, 1.82) is 0 Å². The van der Waals surface area contributed by atoms with Gasteiger partial charge in [-0.25, -0.2) is 0 Å². The molecule has 19 heavy (non-hydrogen) atoms. The highest BCUT2D eigenvalue weighted by molar-refractivity contribution is 5.94. The molecule has 1 aliphatic rings. The van der Waals surface area contributed by atoms with Gasteiger partial charge in [-0.3, -0.25) is 9.59 Å². The Balaban J connectivity index is 1.82. The Morgan fingerprint density at radius 2 is 2.42 bits per heavy atom. The van der Waals surface area contributed by atoms with Crippen LogP contribution in [0.4, 0.5) is 5.82 Å². The maximum atomic E-state index is 12.0. The summed E-state index contributed by atoms with van der Waals surface area (Å²) in [6.07, 6.45) is 0.827. The van der Waals surface area contributed by atoms with Gasteiger partial charge in [0.05, 0.1) is 12.5 Å². The molecule has 1 aliphatic heterocycles. The van der Waals surface area contributed by atoms with Crippen LogP contribution in [0.5, 0.6) is 0 Å². The standard InChI is InChI=1S/C12H18N4O3/c1-8-5-10(15-19-8)14-11(17)7-16(2)12(18)9-3-4-13-6-9/h5,9,13H,3-4,6-7H2,1-2H3,(H,14,15,17). The van der Waals surface area contributed by atoms with Gasteiger partial charge < -0.3 is 20.1 Å². The largest absolute Gasteiger partial charge is 0.360 e. The summed E-state index contributed by atoms with van der Waals surface area (Å²) in [5, 5.41) is 9.38. The van der Waals surface area contributed by atoms with Crippen molar-refractivity contribution in [3.05, 3.63) is 11.8 Å². The van der Waals surface area contributed by atoms with E-state index in [4.69, 9.17) is 4.52 Å². The van der Waals surface area contributed by atoms with Crippen LogP contribution in [0.15, 0.2) is 10.6 Å². The molecule has 0 saturated carbocycles. The summed E-state index contributed by atoms with van der Waals surface area (Å²) in [6, 6.07) is 1.63. The van der Waals surface area contributed by atoms with Gasteiger partial charge in [0.25, 0.3) is 0 Å². The fourth-order valence-electron chi connectivity index (χ4n) is 2.08. The average molecular weight is 266 g/mol. The number of hydrogen-bond acceptors (Lipinski definition) is 5. The number of carbonyl (C=O) groups is 2. The molecule has 7 nitrogen and oxygen atoms in total. The van der Waals surface area contributed by atoms with Crippen LogP contribution in [-0.2, 0) is 9.59 Å². The molecule has 104 valence electrons. The average Bonchev–Trinajstić information content (AvgIpc) is 2.99. The lowest BCUT2D eigenvalue weighted by Crippen LogP contribution is -2.39. The van der Waals surface area contributed by atoms with E-state index >= 15 is 0 Å². The predicted octanol–water partition coefficient (Wildman–Crippen LogP) is -0.0106. The quantitative estimate of drug-likeness (QED) is 0.800. The third-order valence-corrected chi connectivity index (χ3v) is 3.06. The van der Waals surface area contributed by atoms with Crippen molar-refractivity contribution in [2.24, 2.45) is 5.92 Å². The summed E-state index contributed by atoms with van der Waals surface area (Å²) >= 11 is 0. The minimum atomic E-state index is -0.282. The van der Waals surface area contributed by atoms with Crippen molar-refractivity contribution in [2.75, 3.05) is 32.0 Å².